The van der Waals surface area contributed by atoms with Gasteiger partial charge in [0.2, 0.25) is 5.88 Å². The number of hydrogen-bond donors (Lipinski definition) is 2. The second-order valence-electron chi connectivity index (χ2n) is 6.23. The Morgan fingerprint density at radius 3 is 2.78 bits per heavy atom. The van der Waals surface area contributed by atoms with Crippen LogP contribution >= 0.6 is 0 Å². The molecule has 27 heavy (non-hydrogen) atoms. The van der Waals surface area contributed by atoms with Crippen LogP contribution in [-0.2, 0) is 4.79 Å². The van der Waals surface area contributed by atoms with Crippen LogP contribution in [0.5, 0.6) is 11.6 Å². The van der Waals surface area contributed by atoms with Crippen LogP contribution in [-0.4, -0.2) is 22.6 Å². The van der Waals surface area contributed by atoms with Gasteiger partial charge < -0.3 is 14.8 Å². The van der Waals surface area contributed by atoms with Gasteiger partial charge in [0.25, 0.3) is 0 Å². The Kier molecular flexibility index (Phi) is 4.30. The van der Waals surface area contributed by atoms with Crippen LogP contribution in [0, 0.1) is 6.92 Å². The van der Waals surface area contributed by atoms with Gasteiger partial charge in [0, 0.05) is 10.8 Å². The van der Waals surface area contributed by atoms with Crippen molar-refractivity contribution in [1.29, 1.82) is 0 Å². The van der Waals surface area contributed by atoms with Gasteiger partial charge >= 0.3 is 5.91 Å². The number of benzene rings is 3. The second kappa shape index (κ2) is 6.92. The van der Waals surface area contributed by atoms with Gasteiger partial charge in [-0.3, -0.25) is 4.79 Å². The maximum absolute atomic E-state index is 12.1. The summed E-state index contributed by atoms with van der Waals surface area (Å²) in [7, 11) is 0. The number of ether oxygens (including phenoxy) is 1. The Morgan fingerprint density at radius 1 is 1.07 bits per heavy atom. The normalized spacial score (nSPS) is 11.4. The van der Waals surface area contributed by atoms with E-state index in [1.807, 2.05) is 61.5 Å². The molecular weight excluding hydrogens is 342 g/mol. The first-order valence-corrected chi connectivity index (χ1v) is 8.48. The van der Waals surface area contributed by atoms with Crippen LogP contribution < -0.4 is 4.74 Å². The molecule has 0 saturated heterocycles. The number of fused-ring (bicyclic) bond motifs is 2. The van der Waals surface area contributed by atoms with Crippen LogP contribution in [0.25, 0.3) is 21.7 Å². The number of H-pyrrole nitrogens is 1. The van der Waals surface area contributed by atoms with E-state index in [0.717, 1.165) is 21.9 Å². The van der Waals surface area contributed by atoms with Crippen molar-refractivity contribution in [3.05, 3.63) is 66.2 Å². The van der Waals surface area contributed by atoms with Gasteiger partial charge in [-0.25, -0.2) is 0 Å². The van der Waals surface area contributed by atoms with E-state index < -0.39 is 5.91 Å². The standard InChI is InChI=1S/C21H17N3O3/c1-13-9-10-17-16(11-13)20(21(26)22-17)24-23-19(25)12-27-18-8-4-6-14-5-2-3-7-15(14)18/h2-11,22,26H,12H2,1H3. The number of aromatic nitrogens is 1. The first-order chi connectivity index (χ1) is 13.1. The zero-order valence-electron chi connectivity index (χ0n) is 14.6. The SMILES string of the molecule is Cc1ccc2[nH]c(O)c(N=NC(=O)COc3cccc4ccccc34)c2c1. The van der Waals surface area contributed by atoms with Crippen molar-refractivity contribution in [3.8, 4) is 11.6 Å². The molecule has 2 N–H and O–H groups in total. The smallest absolute Gasteiger partial charge is 0.302 e. The van der Waals surface area contributed by atoms with E-state index in [1.54, 1.807) is 6.07 Å². The quantitative estimate of drug-likeness (QED) is 0.501. The third-order valence-corrected chi connectivity index (χ3v) is 4.27. The molecule has 0 unspecified atom stereocenters. The van der Waals surface area contributed by atoms with Gasteiger partial charge in [-0.15, -0.1) is 10.2 Å². The summed E-state index contributed by atoms with van der Waals surface area (Å²) in [5, 5.41) is 20.3. The number of aromatic hydroxyl groups is 1. The summed E-state index contributed by atoms with van der Waals surface area (Å²) in [6, 6.07) is 19.1. The molecule has 0 aliphatic heterocycles. The van der Waals surface area contributed by atoms with Crippen LogP contribution in [0.3, 0.4) is 0 Å². The second-order valence-corrected chi connectivity index (χ2v) is 6.23. The summed E-state index contributed by atoms with van der Waals surface area (Å²) in [6.07, 6.45) is 0. The van der Waals surface area contributed by atoms with Gasteiger partial charge in [-0.2, -0.15) is 0 Å². The zero-order valence-corrected chi connectivity index (χ0v) is 14.6. The maximum Gasteiger partial charge on any atom is 0.302 e. The summed E-state index contributed by atoms with van der Waals surface area (Å²) in [5.74, 6) is -0.0475. The minimum Gasteiger partial charge on any atom is -0.493 e. The number of azo groups is 1. The van der Waals surface area contributed by atoms with Crippen LogP contribution in [0.15, 0.2) is 70.9 Å². The van der Waals surface area contributed by atoms with E-state index in [0.29, 0.717) is 11.1 Å². The monoisotopic (exact) mass is 359 g/mol. The lowest BCUT2D eigenvalue weighted by Crippen LogP contribution is -2.08. The molecule has 4 rings (SSSR count). The number of aryl methyl sites for hydroxylation is 1. The number of carbonyl (C=O) groups excluding carboxylic acids is 1. The highest BCUT2D eigenvalue weighted by Crippen LogP contribution is 2.35. The average Bonchev–Trinajstić information content (AvgIpc) is 2.99. The molecule has 0 atom stereocenters. The van der Waals surface area contributed by atoms with E-state index in [4.69, 9.17) is 4.74 Å². The van der Waals surface area contributed by atoms with Crippen molar-refractivity contribution in [2.75, 3.05) is 6.61 Å². The van der Waals surface area contributed by atoms with E-state index in [2.05, 4.69) is 15.2 Å². The Labute approximate surface area is 155 Å². The number of nitrogens with zero attached hydrogens (tertiary/aromatic N) is 2. The minimum atomic E-state index is -0.538. The van der Waals surface area contributed by atoms with Crippen molar-refractivity contribution < 1.29 is 14.6 Å². The molecular formula is C21H17N3O3. The van der Waals surface area contributed by atoms with Gasteiger partial charge in [0.05, 0.1) is 5.52 Å². The highest BCUT2D eigenvalue weighted by molar-refractivity contribution is 5.95. The predicted molar refractivity (Wildman–Crippen MR) is 104 cm³/mol. The van der Waals surface area contributed by atoms with Gasteiger partial charge in [-0.1, -0.05) is 48.0 Å². The Balaban J connectivity index is 1.51. The topological polar surface area (TPSA) is 87.0 Å². The van der Waals surface area contributed by atoms with E-state index in [-0.39, 0.29) is 18.2 Å². The van der Waals surface area contributed by atoms with Gasteiger partial charge in [-0.05, 0) is 30.5 Å². The highest BCUT2D eigenvalue weighted by Gasteiger charge is 2.11. The molecule has 0 fully saturated rings. The zero-order chi connectivity index (χ0) is 18.8. The van der Waals surface area contributed by atoms with Crippen molar-refractivity contribution in [2.45, 2.75) is 6.92 Å². The molecule has 0 radical (unpaired) electrons. The third kappa shape index (κ3) is 3.37. The molecule has 0 spiro atoms. The molecule has 0 aliphatic carbocycles. The fourth-order valence-corrected chi connectivity index (χ4v) is 2.97. The Hall–Kier alpha value is -3.67. The van der Waals surface area contributed by atoms with Crippen molar-refractivity contribution in [3.63, 3.8) is 0 Å². The van der Waals surface area contributed by atoms with Crippen LogP contribution in [0.4, 0.5) is 5.69 Å². The molecule has 6 heteroatoms. The fourth-order valence-electron chi connectivity index (χ4n) is 2.97. The molecule has 0 aliphatic rings. The highest BCUT2D eigenvalue weighted by atomic mass is 16.5. The van der Waals surface area contributed by atoms with Crippen molar-refractivity contribution >= 4 is 33.3 Å². The Morgan fingerprint density at radius 2 is 1.89 bits per heavy atom. The lowest BCUT2D eigenvalue weighted by atomic mass is 10.1. The molecule has 1 aromatic heterocycles. The van der Waals surface area contributed by atoms with Gasteiger partial charge in [0.1, 0.15) is 5.75 Å². The molecule has 1 heterocycles. The van der Waals surface area contributed by atoms with Gasteiger partial charge in [0.15, 0.2) is 12.3 Å². The summed E-state index contributed by atoms with van der Waals surface area (Å²) >= 11 is 0. The van der Waals surface area contributed by atoms with Crippen molar-refractivity contribution in [2.24, 2.45) is 10.2 Å². The average molecular weight is 359 g/mol. The van der Waals surface area contributed by atoms with Crippen LogP contribution in [0.2, 0.25) is 0 Å². The summed E-state index contributed by atoms with van der Waals surface area (Å²) in [4.78, 5) is 14.9. The summed E-state index contributed by atoms with van der Waals surface area (Å²) < 4.78 is 5.61. The molecule has 1 amide bonds. The maximum atomic E-state index is 12.1. The first-order valence-electron chi connectivity index (χ1n) is 8.48. The molecule has 4 aromatic rings. The largest absolute Gasteiger partial charge is 0.493 e. The number of aromatic amines is 1. The molecule has 0 saturated carbocycles. The number of hydrogen-bond acceptors (Lipinski definition) is 4. The third-order valence-electron chi connectivity index (χ3n) is 4.27. The lowest BCUT2D eigenvalue weighted by Gasteiger charge is -2.06. The first kappa shape index (κ1) is 16.8. The summed E-state index contributed by atoms with van der Waals surface area (Å²) in [6.45, 7) is 1.70. The molecule has 3 aromatic carbocycles. The van der Waals surface area contributed by atoms with Crippen LogP contribution in [0.1, 0.15) is 5.56 Å². The van der Waals surface area contributed by atoms with Crippen molar-refractivity contribution in [1.82, 2.24) is 4.98 Å². The summed E-state index contributed by atoms with van der Waals surface area (Å²) in [5.41, 5.74) is 1.99. The minimum absolute atomic E-state index is 0.123. The number of carbonyl (C=O) groups is 1. The van der Waals surface area contributed by atoms with E-state index in [9.17, 15) is 9.90 Å². The van der Waals surface area contributed by atoms with E-state index in [1.165, 1.54) is 0 Å². The number of amides is 1. The molecule has 0 bridgehead atoms. The van der Waals surface area contributed by atoms with E-state index >= 15 is 0 Å². The fraction of sp³-hybridized carbons (Fsp3) is 0.0952. The molecule has 6 nitrogen and oxygen atoms in total. The Bertz CT molecular complexity index is 1170. The lowest BCUT2D eigenvalue weighted by molar-refractivity contribution is -0.120. The molecule has 134 valence electrons. The number of nitrogens with one attached hydrogen (secondary N) is 1. The predicted octanol–water partition coefficient (Wildman–Crippen LogP) is 5.02. The number of rotatable bonds is 4.